The Morgan fingerprint density at radius 3 is 2.55 bits per heavy atom. The van der Waals surface area contributed by atoms with E-state index in [9.17, 15) is 5.11 Å². The number of aliphatic hydroxyl groups is 1. The highest BCUT2D eigenvalue weighted by Crippen LogP contribution is 2.17. The average molecular weight is 324 g/mol. The third-order valence-corrected chi connectivity index (χ3v) is 3.78. The summed E-state index contributed by atoms with van der Waals surface area (Å²) in [4.78, 5) is 4.33. The smallest absolute Gasteiger partial charge is 0.240 e. The second-order valence-electron chi connectivity index (χ2n) is 6.08. The third kappa shape index (κ3) is 4.53. The van der Waals surface area contributed by atoms with E-state index in [1.165, 1.54) is 0 Å². The average Bonchev–Trinajstić information content (AvgIpc) is 2.97. The fourth-order valence-corrected chi connectivity index (χ4v) is 2.22. The second kappa shape index (κ2) is 7.22. The van der Waals surface area contributed by atoms with Crippen molar-refractivity contribution in [3.63, 3.8) is 0 Å². The van der Waals surface area contributed by atoms with Crippen LogP contribution in [0.5, 0.6) is 0 Å². The minimum Gasteiger partial charge on any atom is -0.394 e. The van der Waals surface area contributed by atoms with Crippen molar-refractivity contribution in [1.29, 1.82) is 0 Å². The Morgan fingerprint density at radius 1 is 1.32 bits per heavy atom. The van der Waals surface area contributed by atoms with E-state index in [1.807, 2.05) is 45.0 Å². The summed E-state index contributed by atoms with van der Waals surface area (Å²) in [7, 11) is 0. The molecule has 0 radical (unpaired) electrons. The molecule has 1 aromatic carbocycles. The maximum Gasteiger partial charge on any atom is 0.240 e. The van der Waals surface area contributed by atoms with Gasteiger partial charge in [0.2, 0.25) is 5.89 Å². The quantitative estimate of drug-likeness (QED) is 0.819. The lowest BCUT2D eigenvalue weighted by Crippen LogP contribution is -2.47. The van der Waals surface area contributed by atoms with E-state index < -0.39 is 5.54 Å². The van der Waals surface area contributed by atoms with Crippen LogP contribution in [-0.4, -0.2) is 27.4 Å². The van der Waals surface area contributed by atoms with Crippen molar-refractivity contribution in [2.24, 2.45) is 0 Å². The van der Waals surface area contributed by atoms with Gasteiger partial charge in [0.1, 0.15) is 0 Å². The number of aromatic nitrogens is 2. The molecule has 0 amide bonds. The molecule has 0 spiro atoms. The molecular formula is C16H22ClN3O2. The Balaban J connectivity index is 1.98. The van der Waals surface area contributed by atoms with Crippen molar-refractivity contribution < 1.29 is 9.63 Å². The Hall–Kier alpha value is -1.43. The molecule has 1 atom stereocenters. The SMILES string of the molecule is CC(C)c1noc(CNC(C)(CO)Cc2ccc(Cl)cc2)n1. The van der Waals surface area contributed by atoms with Gasteiger partial charge in [-0.25, -0.2) is 0 Å². The molecule has 120 valence electrons. The van der Waals surface area contributed by atoms with Gasteiger partial charge < -0.3 is 14.9 Å². The van der Waals surface area contributed by atoms with Gasteiger partial charge in [-0.15, -0.1) is 0 Å². The molecule has 1 aromatic heterocycles. The van der Waals surface area contributed by atoms with Crippen LogP contribution in [0, 0.1) is 0 Å². The van der Waals surface area contributed by atoms with Crippen LogP contribution in [0.15, 0.2) is 28.8 Å². The van der Waals surface area contributed by atoms with Crippen LogP contribution in [0.4, 0.5) is 0 Å². The van der Waals surface area contributed by atoms with Gasteiger partial charge in [0.15, 0.2) is 5.82 Å². The van der Waals surface area contributed by atoms with Crippen LogP contribution in [0.3, 0.4) is 0 Å². The maximum absolute atomic E-state index is 9.72. The van der Waals surface area contributed by atoms with Gasteiger partial charge in [0.05, 0.1) is 13.2 Å². The van der Waals surface area contributed by atoms with Crippen molar-refractivity contribution in [2.45, 2.75) is 45.2 Å². The summed E-state index contributed by atoms with van der Waals surface area (Å²) in [6.07, 6.45) is 0.672. The summed E-state index contributed by atoms with van der Waals surface area (Å²) < 4.78 is 5.21. The monoisotopic (exact) mass is 323 g/mol. The third-order valence-electron chi connectivity index (χ3n) is 3.52. The molecule has 0 saturated carbocycles. The van der Waals surface area contributed by atoms with E-state index in [0.717, 1.165) is 5.56 Å². The zero-order valence-electron chi connectivity index (χ0n) is 13.1. The highest BCUT2D eigenvalue weighted by molar-refractivity contribution is 6.30. The Morgan fingerprint density at radius 2 is 2.00 bits per heavy atom. The number of nitrogens with one attached hydrogen (secondary N) is 1. The van der Waals surface area contributed by atoms with Gasteiger partial charge in [0.25, 0.3) is 0 Å². The molecule has 0 aliphatic heterocycles. The molecule has 6 heteroatoms. The van der Waals surface area contributed by atoms with Gasteiger partial charge in [-0.1, -0.05) is 42.7 Å². The number of halogens is 1. The number of nitrogens with zero attached hydrogens (tertiary/aromatic N) is 2. The van der Waals surface area contributed by atoms with E-state index in [-0.39, 0.29) is 12.5 Å². The first-order chi connectivity index (χ1) is 10.4. The van der Waals surface area contributed by atoms with Crippen molar-refractivity contribution in [3.05, 3.63) is 46.6 Å². The molecule has 0 saturated heterocycles. The molecule has 2 rings (SSSR count). The molecule has 1 heterocycles. The lowest BCUT2D eigenvalue weighted by atomic mass is 9.93. The molecule has 0 aliphatic rings. The molecule has 0 bridgehead atoms. The molecule has 1 unspecified atom stereocenters. The first-order valence-electron chi connectivity index (χ1n) is 7.35. The van der Waals surface area contributed by atoms with Crippen molar-refractivity contribution in [1.82, 2.24) is 15.5 Å². The highest BCUT2D eigenvalue weighted by atomic mass is 35.5. The minimum absolute atomic E-state index is 0.000795. The highest BCUT2D eigenvalue weighted by Gasteiger charge is 2.24. The van der Waals surface area contributed by atoms with Gasteiger partial charge in [-0.3, -0.25) is 0 Å². The number of benzene rings is 1. The molecule has 2 N–H and O–H groups in total. The molecule has 22 heavy (non-hydrogen) atoms. The van der Waals surface area contributed by atoms with E-state index in [0.29, 0.717) is 29.7 Å². The predicted molar refractivity (Wildman–Crippen MR) is 85.9 cm³/mol. The largest absolute Gasteiger partial charge is 0.394 e. The van der Waals surface area contributed by atoms with Crippen LogP contribution in [0.25, 0.3) is 0 Å². The summed E-state index contributed by atoms with van der Waals surface area (Å²) in [5.74, 6) is 1.45. The fraction of sp³-hybridized carbons (Fsp3) is 0.500. The van der Waals surface area contributed by atoms with Crippen molar-refractivity contribution in [3.8, 4) is 0 Å². The summed E-state index contributed by atoms with van der Waals surface area (Å²) in [6, 6.07) is 7.62. The summed E-state index contributed by atoms with van der Waals surface area (Å²) in [5.41, 5.74) is 0.627. The second-order valence-corrected chi connectivity index (χ2v) is 6.51. The zero-order valence-corrected chi connectivity index (χ0v) is 13.9. The van der Waals surface area contributed by atoms with Crippen LogP contribution in [0.1, 0.15) is 44.0 Å². The molecule has 2 aromatic rings. The van der Waals surface area contributed by atoms with Gasteiger partial charge in [-0.05, 0) is 31.0 Å². The molecular weight excluding hydrogens is 302 g/mol. The first-order valence-corrected chi connectivity index (χ1v) is 7.72. The molecule has 5 nitrogen and oxygen atoms in total. The van der Waals surface area contributed by atoms with Crippen molar-refractivity contribution >= 4 is 11.6 Å². The zero-order chi connectivity index (χ0) is 16.2. The standard InChI is InChI=1S/C16H22ClN3O2/c1-11(2)15-19-14(22-20-15)9-18-16(3,10-21)8-12-4-6-13(17)7-5-12/h4-7,11,18,21H,8-10H2,1-3H3. The lowest BCUT2D eigenvalue weighted by Gasteiger charge is -2.28. The summed E-state index contributed by atoms with van der Waals surface area (Å²) in [5, 5.41) is 17.7. The van der Waals surface area contributed by atoms with Crippen LogP contribution >= 0.6 is 11.6 Å². The maximum atomic E-state index is 9.72. The Labute approximate surface area is 135 Å². The first kappa shape index (κ1) is 16.9. The fourth-order valence-electron chi connectivity index (χ4n) is 2.09. The van der Waals surface area contributed by atoms with E-state index in [1.54, 1.807) is 0 Å². The van der Waals surface area contributed by atoms with Crippen LogP contribution in [-0.2, 0) is 13.0 Å². The van der Waals surface area contributed by atoms with E-state index in [2.05, 4.69) is 15.5 Å². The van der Waals surface area contributed by atoms with Gasteiger partial charge >= 0.3 is 0 Å². The topological polar surface area (TPSA) is 71.2 Å². The molecule has 0 aliphatic carbocycles. The predicted octanol–water partition coefficient (Wildman–Crippen LogP) is 2.93. The van der Waals surface area contributed by atoms with Crippen LogP contribution in [0.2, 0.25) is 5.02 Å². The van der Waals surface area contributed by atoms with Gasteiger partial charge in [-0.2, -0.15) is 4.98 Å². The lowest BCUT2D eigenvalue weighted by molar-refractivity contribution is 0.167. The number of hydrogen-bond donors (Lipinski definition) is 2. The van der Waals surface area contributed by atoms with E-state index in [4.69, 9.17) is 16.1 Å². The number of aliphatic hydroxyl groups excluding tert-OH is 1. The van der Waals surface area contributed by atoms with Crippen LogP contribution < -0.4 is 5.32 Å². The normalized spacial score (nSPS) is 14.3. The number of hydrogen-bond acceptors (Lipinski definition) is 5. The van der Waals surface area contributed by atoms with Gasteiger partial charge in [0, 0.05) is 16.5 Å². The Kier molecular flexibility index (Phi) is 5.56. The summed E-state index contributed by atoms with van der Waals surface area (Å²) >= 11 is 5.89. The Bertz CT molecular complexity index is 598. The molecule has 0 fully saturated rings. The summed E-state index contributed by atoms with van der Waals surface area (Å²) in [6.45, 7) is 6.41. The number of rotatable bonds is 7. The van der Waals surface area contributed by atoms with Crippen molar-refractivity contribution in [2.75, 3.05) is 6.61 Å². The van der Waals surface area contributed by atoms with E-state index >= 15 is 0 Å². The minimum atomic E-state index is -0.472.